The topological polar surface area (TPSA) is 48.4 Å². The zero-order valence-electron chi connectivity index (χ0n) is 27.0. The molecule has 0 bridgehead atoms. The maximum absolute atomic E-state index is 12.7. The molecule has 1 aromatic heterocycles. The minimum Gasteiger partial charge on any atom is -0.492 e. The minimum atomic E-state index is -0.335. The van der Waals surface area contributed by atoms with Crippen LogP contribution in [0.3, 0.4) is 0 Å². The number of hydrogen-bond donors (Lipinski definition) is 0. The first kappa shape index (κ1) is 34.4. The van der Waals surface area contributed by atoms with E-state index in [-0.39, 0.29) is 5.97 Å². The molecule has 0 atom stereocenters. The van der Waals surface area contributed by atoms with Gasteiger partial charge in [-0.3, -0.25) is 4.98 Å². The molecular weight excluding hydrogens is 530 g/mol. The van der Waals surface area contributed by atoms with Crippen LogP contribution in [-0.4, -0.2) is 17.6 Å². The summed E-state index contributed by atoms with van der Waals surface area (Å²) >= 11 is 0. The zero-order valence-corrected chi connectivity index (χ0v) is 27.0. The third-order valence-electron chi connectivity index (χ3n) is 8.12. The Hall–Kier alpha value is -3.14. The lowest BCUT2D eigenvalue weighted by Gasteiger charge is -2.08. The van der Waals surface area contributed by atoms with Gasteiger partial charge in [0.05, 0.1) is 24.1 Å². The van der Waals surface area contributed by atoms with E-state index >= 15 is 0 Å². The molecule has 0 unspecified atom stereocenters. The fourth-order valence-electron chi connectivity index (χ4n) is 5.37. The number of pyridine rings is 1. The van der Waals surface area contributed by atoms with E-state index in [0.29, 0.717) is 11.3 Å². The van der Waals surface area contributed by atoms with Crippen LogP contribution < -0.4 is 9.47 Å². The molecule has 0 saturated heterocycles. The van der Waals surface area contributed by atoms with Crippen LogP contribution in [0.15, 0.2) is 66.9 Å². The molecule has 0 radical (unpaired) electrons. The van der Waals surface area contributed by atoms with Crippen LogP contribution in [0.25, 0.3) is 11.3 Å². The van der Waals surface area contributed by atoms with E-state index in [1.165, 1.54) is 108 Å². The molecule has 234 valence electrons. The number of nitrogens with zero attached hydrogens (tertiary/aromatic N) is 1. The summed E-state index contributed by atoms with van der Waals surface area (Å²) in [5.74, 6) is 0.994. The van der Waals surface area contributed by atoms with Gasteiger partial charge >= 0.3 is 5.97 Å². The molecule has 3 aromatic rings. The van der Waals surface area contributed by atoms with Gasteiger partial charge in [0.15, 0.2) is 0 Å². The second-order valence-electron chi connectivity index (χ2n) is 11.9. The quantitative estimate of drug-likeness (QED) is 0.0631. The first-order chi connectivity index (χ1) is 21.2. The highest BCUT2D eigenvalue weighted by atomic mass is 16.5. The van der Waals surface area contributed by atoms with Crippen molar-refractivity contribution in [2.45, 2.75) is 129 Å². The lowest BCUT2D eigenvalue weighted by atomic mass is 10.0. The average Bonchev–Trinajstić information content (AvgIpc) is 3.04. The van der Waals surface area contributed by atoms with E-state index in [4.69, 9.17) is 9.47 Å². The number of aromatic nitrogens is 1. The number of benzene rings is 2. The Kier molecular flexibility index (Phi) is 17.2. The van der Waals surface area contributed by atoms with Gasteiger partial charge < -0.3 is 9.47 Å². The lowest BCUT2D eigenvalue weighted by Crippen LogP contribution is -2.08. The van der Waals surface area contributed by atoms with E-state index in [9.17, 15) is 4.79 Å². The Bertz CT molecular complexity index is 1120. The van der Waals surface area contributed by atoms with Crippen LogP contribution in [0.2, 0.25) is 0 Å². The number of esters is 1. The van der Waals surface area contributed by atoms with Gasteiger partial charge in [-0.15, -0.1) is 0 Å². The van der Waals surface area contributed by atoms with Crippen LogP contribution >= 0.6 is 0 Å². The van der Waals surface area contributed by atoms with Crippen molar-refractivity contribution in [1.82, 2.24) is 4.98 Å². The van der Waals surface area contributed by atoms with Gasteiger partial charge in [0.2, 0.25) is 0 Å². The predicted molar refractivity (Wildman–Crippen MR) is 180 cm³/mol. The molecule has 3 rings (SSSR count). The SMILES string of the molecule is CCCCCCCCCCCOc1ccc(-c2ccc(OC(=O)c3ccc(CCCCCCCCCC)cc3)cc2)nc1. The molecule has 0 N–H and O–H groups in total. The highest BCUT2D eigenvalue weighted by Gasteiger charge is 2.09. The Morgan fingerprint density at radius 2 is 1.12 bits per heavy atom. The number of carbonyl (C=O) groups is 1. The molecule has 0 aliphatic heterocycles. The number of aryl methyl sites for hydroxylation is 1. The molecule has 0 aliphatic rings. The van der Waals surface area contributed by atoms with E-state index in [1.54, 1.807) is 6.20 Å². The van der Waals surface area contributed by atoms with Crippen molar-refractivity contribution in [3.63, 3.8) is 0 Å². The summed E-state index contributed by atoms with van der Waals surface area (Å²) in [7, 11) is 0. The van der Waals surface area contributed by atoms with Gasteiger partial charge in [-0.05, 0) is 73.4 Å². The summed E-state index contributed by atoms with van der Waals surface area (Å²) in [6.07, 6.45) is 25.2. The summed E-state index contributed by atoms with van der Waals surface area (Å²) in [5.41, 5.74) is 3.68. The highest BCUT2D eigenvalue weighted by Crippen LogP contribution is 2.23. The molecule has 0 aliphatic carbocycles. The maximum atomic E-state index is 12.7. The zero-order chi connectivity index (χ0) is 30.4. The van der Waals surface area contributed by atoms with Crippen molar-refractivity contribution in [3.05, 3.63) is 78.0 Å². The number of rotatable bonds is 23. The van der Waals surface area contributed by atoms with E-state index in [2.05, 4.69) is 31.0 Å². The first-order valence-corrected chi connectivity index (χ1v) is 17.2. The fourth-order valence-corrected chi connectivity index (χ4v) is 5.37. The molecule has 0 amide bonds. The number of carbonyl (C=O) groups excluding carboxylic acids is 1. The molecule has 2 aromatic carbocycles. The minimum absolute atomic E-state index is 0.335. The van der Waals surface area contributed by atoms with Crippen molar-refractivity contribution >= 4 is 5.97 Å². The van der Waals surface area contributed by atoms with Crippen LogP contribution in [0.1, 0.15) is 139 Å². The predicted octanol–water partition coefficient (Wildman–Crippen LogP) is 11.6. The van der Waals surface area contributed by atoms with Gasteiger partial charge in [0, 0.05) is 5.56 Å². The summed E-state index contributed by atoms with van der Waals surface area (Å²) in [4.78, 5) is 17.3. The molecule has 0 saturated carbocycles. The lowest BCUT2D eigenvalue weighted by molar-refractivity contribution is 0.0734. The number of hydrogen-bond acceptors (Lipinski definition) is 4. The molecule has 0 fully saturated rings. The molecule has 4 heteroatoms. The standard InChI is InChI=1S/C39H55NO3/c1-3-5-7-9-11-13-15-17-19-31-42-37-29-30-38(40-32-37)34-25-27-36(28-26-34)43-39(41)35-23-21-33(22-24-35)20-18-16-14-12-10-8-6-4-2/h21-30,32H,3-20,31H2,1-2H3. The van der Waals surface area contributed by atoms with Crippen molar-refractivity contribution in [1.29, 1.82) is 0 Å². The summed E-state index contributed by atoms with van der Waals surface area (Å²) in [6, 6.07) is 19.3. The molecular formula is C39H55NO3. The Labute approximate surface area is 261 Å². The van der Waals surface area contributed by atoms with Crippen LogP contribution in [-0.2, 0) is 6.42 Å². The highest BCUT2D eigenvalue weighted by molar-refractivity contribution is 5.91. The maximum Gasteiger partial charge on any atom is 0.343 e. The third kappa shape index (κ3) is 14.3. The Morgan fingerprint density at radius 1 is 0.581 bits per heavy atom. The summed E-state index contributed by atoms with van der Waals surface area (Å²) in [6.45, 7) is 5.26. The monoisotopic (exact) mass is 585 g/mol. The van der Waals surface area contributed by atoms with Gasteiger partial charge in [-0.1, -0.05) is 122 Å². The van der Waals surface area contributed by atoms with Gasteiger partial charge in [0.1, 0.15) is 11.5 Å². The van der Waals surface area contributed by atoms with Crippen LogP contribution in [0.5, 0.6) is 11.5 Å². The van der Waals surface area contributed by atoms with Gasteiger partial charge in [-0.2, -0.15) is 0 Å². The van der Waals surface area contributed by atoms with Gasteiger partial charge in [0.25, 0.3) is 0 Å². The molecule has 1 heterocycles. The fraction of sp³-hybridized carbons (Fsp3) is 0.538. The molecule has 0 spiro atoms. The molecule has 43 heavy (non-hydrogen) atoms. The van der Waals surface area contributed by atoms with E-state index in [0.717, 1.165) is 36.5 Å². The first-order valence-electron chi connectivity index (χ1n) is 17.2. The van der Waals surface area contributed by atoms with Crippen molar-refractivity contribution in [2.24, 2.45) is 0 Å². The Balaban J connectivity index is 1.32. The van der Waals surface area contributed by atoms with Crippen molar-refractivity contribution < 1.29 is 14.3 Å². The largest absolute Gasteiger partial charge is 0.492 e. The normalized spacial score (nSPS) is 11.0. The number of unbranched alkanes of at least 4 members (excludes halogenated alkanes) is 15. The average molecular weight is 586 g/mol. The Morgan fingerprint density at radius 3 is 1.67 bits per heavy atom. The molecule has 4 nitrogen and oxygen atoms in total. The number of ether oxygens (including phenoxy) is 2. The van der Waals surface area contributed by atoms with Crippen molar-refractivity contribution in [3.8, 4) is 22.8 Å². The second kappa shape index (κ2) is 21.5. The van der Waals surface area contributed by atoms with Crippen LogP contribution in [0.4, 0.5) is 0 Å². The summed E-state index contributed by atoms with van der Waals surface area (Å²) in [5, 5.41) is 0. The van der Waals surface area contributed by atoms with Crippen molar-refractivity contribution in [2.75, 3.05) is 6.61 Å². The van der Waals surface area contributed by atoms with Crippen LogP contribution in [0, 0.1) is 0 Å². The third-order valence-corrected chi connectivity index (χ3v) is 8.12. The van der Waals surface area contributed by atoms with E-state index < -0.39 is 0 Å². The smallest absolute Gasteiger partial charge is 0.343 e. The van der Waals surface area contributed by atoms with Gasteiger partial charge in [-0.25, -0.2) is 4.79 Å². The van der Waals surface area contributed by atoms with E-state index in [1.807, 2.05) is 48.5 Å². The summed E-state index contributed by atoms with van der Waals surface area (Å²) < 4.78 is 11.5. The second-order valence-corrected chi connectivity index (χ2v) is 11.9.